The van der Waals surface area contributed by atoms with Gasteiger partial charge in [-0.05, 0) is 44.5 Å². The Morgan fingerprint density at radius 1 is 1.43 bits per heavy atom. The molecule has 1 fully saturated rings. The molecule has 21 heavy (non-hydrogen) atoms. The van der Waals surface area contributed by atoms with Crippen molar-refractivity contribution in [2.45, 2.75) is 38.0 Å². The fourth-order valence-electron chi connectivity index (χ4n) is 2.68. The molecule has 0 radical (unpaired) electrons. The molecular formula is C16H25N3OS. The van der Waals surface area contributed by atoms with Gasteiger partial charge in [-0.2, -0.15) is 0 Å². The smallest absolute Gasteiger partial charge is 0.232 e. The van der Waals surface area contributed by atoms with E-state index in [1.165, 1.54) is 0 Å². The van der Waals surface area contributed by atoms with Crippen LogP contribution in [0.3, 0.4) is 0 Å². The van der Waals surface area contributed by atoms with E-state index in [4.69, 9.17) is 0 Å². The third-order valence-corrected chi connectivity index (χ3v) is 4.69. The molecule has 2 heterocycles. The standard InChI is InChI=1S/C16H25N3OS/c1-2-11-19(15-6-9-17-10-7-15)16(20)13-21-12-14-5-3-4-8-18-14/h3-5,8,15,17H,2,6-7,9-13H2,1H3. The third kappa shape index (κ3) is 5.32. The summed E-state index contributed by atoms with van der Waals surface area (Å²) in [6, 6.07) is 6.34. The summed E-state index contributed by atoms with van der Waals surface area (Å²) < 4.78 is 0. The van der Waals surface area contributed by atoms with Crippen molar-refractivity contribution in [3.63, 3.8) is 0 Å². The number of hydrogen-bond acceptors (Lipinski definition) is 4. The number of thioether (sulfide) groups is 1. The minimum atomic E-state index is 0.282. The Kier molecular flexibility index (Phi) is 7.03. The van der Waals surface area contributed by atoms with Gasteiger partial charge in [0.25, 0.3) is 0 Å². The van der Waals surface area contributed by atoms with Gasteiger partial charge < -0.3 is 10.2 Å². The van der Waals surface area contributed by atoms with E-state index in [2.05, 4.69) is 22.1 Å². The van der Waals surface area contributed by atoms with Crippen LogP contribution < -0.4 is 5.32 Å². The zero-order chi connectivity index (χ0) is 14.9. The van der Waals surface area contributed by atoms with Crippen molar-refractivity contribution in [1.29, 1.82) is 0 Å². The molecule has 0 saturated carbocycles. The van der Waals surface area contributed by atoms with Gasteiger partial charge in [0.2, 0.25) is 5.91 Å². The molecule has 1 aliphatic heterocycles. The molecule has 2 rings (SSSR count). The van der Waals surface area contributed by atoms with Gasteiger partial charge in [-0.15, -0.1) is 11.8 Å². The van der Waals surface area contributed by atoms with Crippen LogP contribution in [0, 0.1) is 0 Å². The highest BCUT2D eigenvalue weighted by atomic mass is 32.2. The first-order valence-electron chi connectivity index (χ1n) is 7.79. The highest BCUT2D eigenvalue weighted by molar-refractivity contribution is 7.99. The number of nitrogens with one attached hydrogen (secondary N) is 1. The highest BCUT2D eigenvalue weighted by Gasteiger charge is 2.24. The average molecular weight is 307 g/mol. The molecule has 0 atom stereocenters. The monoisotopic (exact) mass is 307 g/mol. The summed E-state index contributed by atoms with van der Waals surface area (Å²) in [6.45, 7) is 5.08. The number of piperidine rings is 1. The van der Waals surface area contributed by atoms with E-state index in [0.29, 0.717) is 11.8 Å². The molecule has 0 aromatic carbocycles. The van der Waals surface area contributed by atoms with Crippen molar-refractivity contribution in [1.82, 2.24) is 15.2 Å². The molecule has 0 aliphatic carbocycles. The molecule has 1 aromatic rings. The number of carbonyl (C=O) groups is 1. The molecule has 1 amide bonds. The summed E-state index contributed by atoms with van der Waals surface area (Å²) in [5.74, 6) is 1.64. The fraction of sp³-hybridized carbons (Fsp3) is 0.625. The molecule has 1 aromatic heterocycles. The summed E-state index contributed by atoms with van der Waals surface area (Å²) in [7, 11) is 0. The molecule has 0 spiro atoms. The van der Waals surface area contributed by atoms with E-state index in [1.54, 1.807) is 18.0 Å². The van der Waals surface area contributed by atoms with E-state index >= 15 is 0 Å². The molecule has 1 saturated heterocycles. The van der Waals surface area contributed by atoms with Crippen molar-refractivity contribution in [2.75, 3.05) is 25.4 Å². The SMILES string of the molecule is CCCN(C(=O)CSCc1ccccn1)C1CCNCC1. The van der Waals surface area contributed by atoms with Crippen LogP contribution in [0.4, 0.5) is 0 Å². The molecule has 4 nitrogen and oxygen atoms in total. The van der Waals surface area contributed by atoms with Crippen molar-refractivity contribution < 1.29 is 4.79 Å². The molecule has 1 N–H and O–H groups in total. The zero-order valence-corrected chi connectivity index (χ0v) is 13.6. The summed E-state index contributed by atoms with van der Waals surface area (Å²) >= 11 is 1.66. The highest BCUT2D eigenvalue weighted by Crippen LogP contribution is 2.16. The Morgan fingerprint density at radius 2 is 2.24 bits per heavy atom. The van der Waals surface area contributed by atoms with E-state index in [9.17, 15) is 4.79 Å². The van der Waals surface area contributed by atoms with Crippen LogP contribution in [0.15, 0.2) is 24.4 Å². The van der Waals surface area contributed by atoms with Gasteiger partial charge in [0.15, 0.2) is 0 Å². The second kappa shape index (κ2) is 9.05. The number of rotatable bonds is 7. The molecule has 1 aliphatic rings. The predicted octanol–water partition coefficient (Wildman–Crippen LogP) is 2.31. The number of hydrogen-bond donors (Lipinski definition) is 1. The lowest BCUT2D eigenvalue weighted by molar-refractivity contribution is -0.131. The number of nitrogens with zero attached hydrogens (tertiary/aromatic N) is 2. The van der Waals surface area contributed by atoms with E-state index < -0.39 is 0 Å². The first kappa shape index (κ1) is 16.3. The van der Waals surface area contributed by atoms with Crippen LogP contribution in [-0.4, -0.2) is 47.2 Å². The molecule has 0 unspecified atom stereocenters. The Morgan fingerprint density at radius 3 is 2.90 bits per heavy atom. The van der Waals surface area contributed by atoms with Crippen LogP contribution in [0.2, 0.25) is 0 Å². The Labute approximate surface area is 131 Å². The summed E-state index contributed by atoms with van der Waals surface area (Å²) in [6.07, 6.45) is 4.99. The number of amides is 1. The van der Waals surface area contributed by atoms with Crippen LogP contribution in [0.1, 0.15) is 31.9 Å². The van der Waals surface area contributed by atoms with Gasteiger partial charge in [-0.3, -0.25) is 9.78 Å². The Balaban J connectivity index is 1.80. The minimum Gasteiger partial charge on any atom is -0.339 e. The molecular weight excluding hydrogens is 282 g/mol. The van der Waals surface area contributed by atoms with E-state index in [1.807, 2.05) is 18.2 Å². The van der Waals surface area contributed by atoms with Gasteiger partial charge in [0.05, 0.1) is 11.4 Å². The zero-order valence-electron chi connectivity index (χ0n) is 12.8. The van der Waals surface area contributed by atoms with Crippen LogP contribution in [-0.2, 0) is 10.5 Å². The molecule has 0 bridgehead atoms. The molecule has 5 heteroatoms. The second-order valence-corrected chi connectivity index (χ2v) is 6.37. The van der Waals surface area contributed by atoms with Gasteiger partial charge in [0.1, 0.15) is 0 Å². The van der Waals surface area contributed by atoms with Gasteiger partial charge >= 0.3 is 0 Å². The maximum atomic E-state index is 12.5. The summed E-state index contributed by atoms with van der Waals surface area (Å²) in [5.41, 5.74) is 1.04. The summed E-state index contributed by atoms with van der Waals surface area (Å²) in [4.78, 5) is 18.9. The normalized spacial score (nSPS) is 15.9. The van der Waals surface area contributed by atoms with Crippen molar-refractivity contribution in [3.05, 3.63) is 30.1 Å². The minimum absolute atomic E-state index is 0.282. The maximum absolute atomic E-state index is 12.5. The van der Waals surface area contributed by atoms with E-state index in [0.717, 1.165) is 50.3 Å². The van der Waals surface area contributed by atoms with Crippen LogP contribution in [0.25, 0.3) is 0 Å². The first-order valence-corrected chi connectivity index (χ1v) is 8.94. The van der Waals surface area contributed by atoms with Gasteiger partial charge in [-0.1, -0.05) is 13.0 Å². The largest absolute Gasteiger partial charge is 0.339 e. The number of aromatic nitrogens is 1. The average Bonchev–Trinajstić information content (AvgIpc) is 2.54. The number of pyridine rings is 1. The van der Waals surface area contributed by atoms with Crippen LogP contribution in [0.5, 0.6) is 0 Å². The maximum Gasteiger partial charge on any atom is 0.232 e. The van der Waals surface area contributed by atoms with Crippen molar-refractivity contribution in [2.24, 2.45) is 0 Å². The first-order chi connectivity index (χ1) is 10.3. The third-order valence-electron chi connectivity index (χ3n) is 3.74. The van der Waals surface area contributed by atoms with Crippen molar-refractivity contribution >= 4 is 17.7 Å². The lowest BCUT2D eigenvalue weighted by Crippen LogP contribution is -2.47. The summed E-state index contributed by atoms with van der Waals surface area (Å²) in [5, 5.41) is 3.36. The second-order valence-electron chi connectivity index (χ2n) is 5.38. The lowest BCUT2D eigenvalue weighted by atomic mass is 10.0. The Hall–Kier alpha value is -1.07. The van der Waals surface area contributed by atoms with Gasteiger partial charge in [0, 0.05) is 24.5 Å². The fourth-order valence-corrected chi connectivity index (χ4v) is 3.50. The van der Waals surface area contributed by atoms with Gasteiger partial charge in [-0.25, -0.2) is 0 Å². The topological polar surface area (TPSA) is 45.2 Å². The molecule has 116 valence electrons. The number of carbonyl (C=O) groups excluding carboxylic acids is 1. The Bertz CT molecular complexity index is 421. The quantitative estimate of drug-likeness (QED) is 0.839. The van der Waals surface area contributed by atoms with Crippen LogP contribution >= 0.6 is 11.8 Å². The predicted molar refractivity (Wildman–Crippen MR) is 88.3 cm³/mol. The lowest BCUT2D eigenvalue weighted by Gasteiger charge is -2.34. The van der Waals surface area contributed by atoms with Crippen molar-refractivity contribution in [3.8, 4) is 0 Å². The van der Waals surface area contributed by atoms with E-state index in [-0.39, 0.29) is 5.91 Å².